The predicted molar refractivity (Wildman–Crippen MR) is 134 cm³/mol. The molecular formula is C23H30ClN2O4SSi+. The molecule has 0 bridgehead atoms. The Bertz CT molecular complexity index is 1230. The molecule has 1 unspecified atom stereocenters. The van der Waals surface area contributed by atoms with Crippen LogP contribution in [0.1, 0.15) is 25.3 Å². The molecule has 3 aromatic rings. The van der Waals surface area contributed by atoms with Gasteiger partial charge in [0.05, 0.1) is 14.1 Å². The minimum atomic E-state index is -4.27. The van der Waals surface area contributed by atoms with Crippen molar-refractivity contribution in [3.8, 4) is 0 Å². The lowest BCUT2D eigenvalue weighted by molar-refractivity contribution is -0.658. The lowest BCUT2D eigenvalue weighted by Crippen LogP contribution is -2.49. The predicted octanol–water partition coefficient (Wildman–Crippen LogP) is 5.48. The molecule has 9 heteroatoms. The maximum absolute atomic E-state index is 11.5. The molecule has 0 amide bonds. The summed E-state index contributed by atoms with van der Waals surface area (Å²) in [5.41, 5.74) is 3.61. The first-order chi connectivity index (χ1) is 14.9. The molecule has 1 N–H and O–H groups in total. The number of fused-ring (bicyclic) bond motifs is 1. The first kappa shape index (κ1) is 24.5. The Labute approximate surface area is 195 Å². The van der Waals surface area contributed by atoms with Crippen molar-refractivity contribution in [1.82, 2.24) is 0 Å². The number of rotatable bonds is 8. The zero-order chi connectivity index (χ0) is 23.7. The largest absolute Gasteiger partial charge is 0.398 e. The second-order valence-corrected chi connectivity index (χ2v) is 16.4. The Kier molecular flexibility index (Phi) is 7.19. The highest BCUT2D eigenvalue weighted by molar-refractivity contribution is 7.84. The maximum Gasteiger partial charge on any atom is 0.375 e. The van der Waals surface area contributed by atoms with Gasteiger partial charge in [0.2, 0.25) is 5.58 Å². The molecule has 0 aliphatic carbocycles. The van der Waals surface area contributed by atoms with Crippen LogP contribution in [0.2, 0.25) is 24.7 Å². The van der Waals surface area contributed by atoms with Crippen molar-refractivity contribution in [2.45, 2.75) is 45.0 Å². The van der Waals surface area contributed by atoms with Crippen LogP contribution < -0.4 is 9.47 Å². The van der Waals surface area contributed by atoms with Gasteiger partial charge in [-0.15, -0.1) is 4.57 Å². The van der Waals surface area contributed by atoms with E-state index in [1.54, 1.807) is 24.3 Å². The quantitative estimate of drug-likeness (QED) is 0.255. The van der Waals surface area contributed by atoms with Crippen LogP contribution in [0.4, 0.5) is 5.69 Å². The van der Waals surface area contributed by atoms with Gasteiger partial charge in [0.15, 0.2) is 0 Å². The second-order valence-electron chi connectivity index (χ2n) is 8.94. The first-order valence-corrected chi connectivity index (χ1v) is 16.1. The zero-order valence-electron chi connectivity index (χ0n) is 19.0. The van der Waals surface area contributed by atoms with Gasteiger partial charge in [0, 0.05) is 29.0 Å². The van der Waals surface area contributed by atoms with Crippen LogP contribution >= 0.6 is 11.6 Å². The average molecular weight is 494 g/mol. The summed E-state index contributed by atoms with van der Waals surface area (Å²) in [6.07, 6.45) is 3.54. The van der Waals surface area contributed by atoms with Gasteiger partial charge in [-0.3, -0.25) is 4.55 Å². The molecule has 0 aliphatic heterocycles. The third-order valence-electron chi connectivity index (χ3n) is 5.69. The van der Waals surface area contributed by atoms with Crippen LogP contribution in [-0.2, 0) is 16.0 Å². The highest BCUT2D eigenvalue weighted by atomic mass is 35.5. The average Bonchev–Trinajstić information content (AvgIpc) is 3.02. The Balaban J connectivity index is 1.92. The Morgan fingerprint density at radius 1 is 1.16 bits per heavy atom. The van der Waals surface area contributed by atoms with Crippen LogP contribution in [0.3, 0.4) is 0 Å². The number of halogens is 1. The van der Waals surface area contributed by atoms with Gasteiger partial charge in [0.1, 0.15) is 0 Å². The second kappa shape index (κ2) is 9.39. The molecule has 0 aliphatic rings. The van der Waals surface area contributed by atoms with Crippen LogP contribution in [0.5, 0.6) is 0 Å². The number of hydrogen-bond donors (Lipinski definition) is 1. The number of anilines is 1. The topological polar surface area (TPSA) is 74.6 Å². The van der Waals surface area contributed by atoms with Crippen molar-refractivity contribution in [3.05, 3.63) is 58.9 Å². The molecule has 1 aromatic heterocycles. The fraction of sp³-hybridized carbons (Fsp3) is 0.348. The Morgan fingerprint density at radius 2 is 1.81 bits per heavy atom. The fourth-order valence-corrected chi connectivity index (χ4v) is 5.61. The van der Waals surface area contributed by atoms with Crippen LogP contribution in [0, 0.1) is 0 Å². The zero-order valence-corrected chi connectivity index (χ0v) is 21.6. The number of nitrogens with zero attached hydrogens (tertiary/aromatic N) is 2. The molecule has 0 saturated carbocycles. The third kappa shape index (κ3) is 5.80. The van der Waals surface area contributed by atoms with E-state index in [0.717, 1.165) is 12.1 Å². The van der Waals surface area contributed by atoms with E-state index in [4.69, 9.17) is 16.0 Å². The summed E-state index contributed by atoms with van der Waals surface area (Å²) in [5.74, 6) is -0.328. The molecular weight excluding hydrogens is 464 g/mol. The molecule has 172 valence electrons. The van der Waals surface area contributed by atoms with E-state index in [1.165, 1.54) is 10.3 Å². The van der Waals surface area contributed by atoms with E-state index < -0.39 is 24.1 Å². The SMILES string of the molecule is CCN(c1ccc(/C=C/c2oc3ccc(Cl)cc3[n+]2CS(=O)(=O)O)cc1)C(C)[Si](C)(C)C. The molecule has 0 spiro atoms. The van der Waals surface area contributed by atoms with E-state index in [0.29, 0.717) is 27.7 Å². The van der Waals surface area contributed by atoms with Crippen molar-refractivity contribution < 1.29 is 22.0 Å². The summed E-state index contributed by atoms with van der Waals surface area (Å²) in [5, 5.41) is 0.446. The molecule has 6 nitrogen and oxygen atoms in total. The highest BCUT2D eigenvalue weighted by Gasteiger charge is 2.28. The molecule has 0 saturated heterocycles. The monoisotopic (exact) mass is 493 g/mol. The van der Waals surface area contributed by atoms with Crippen molar-refractivity contribution in [2.75, 3.05) is 11.4 Å². The van der Waals surface area contributed by atoms with Gasteiger partial charge < -0.3 is 9.32 Å². The molecule has 1 atom stereocenters. The van der Waals surface area contributed by atoms with Gasteiger partial charge in [-0.2, -0.15) is 8.42 Å². The van der Waals surface area contributed by atoms with Crippen molar-refractivity contribution in [3.63, 3.8) is 0 Å². The normalized spacial score (nSPS) is 13.7. The van der Waals surface area contributed by atoms with Gasteiger partial charge in [-0.1, -0.05) is 43.4 Å². The van der Waals surface area contributed by atoms with Crippen molar-refractivity contribution in [2.24, 2.45) is 0 Å². The van der Waals surface area contributed by atoms with Crippen molar-refractivity contribution in [1.29, 1.82) is 0 Å². The third-order valence-corrected chi connectivity index (χ3v) is 9.33. The van der Waals surface area contributed by atoms with E-state index in [1.807, 2.05) is 18.2 Å². The molecule has 2 aromatic carbocycles. The summed E-state index contributed by atoms with van der Waals surface area (Å²) in [6, 6.07) is 13.2. The molecule has 3 rings (SSSR count). The summed E-state index contributed by atoms with van der Waals surface area (Å²) in [4.78, 5) is 2.43. The number of aromatic nitrogens is 1. The molecule has 32 heavy (non-hydrogen) atoms. The minimum Gasteiger partial charge on any atom is -0.398 e. The Morgan fingerprint density at radius 3 is 2.38 bits per heavy atom. The van der Waals surface area contributed by atoms with Gasteiger partial charge in [0.25, 0.3) is 11.4 Å². The molecule has 1 heterocycles. The van der Waals surface area contributed by atoms with E-state index in [9.17, 15) is 13.0 Å². The number of oxazole rings is 1. The van der Waals surface area contributed by atoms with Gasteiger partial charge >= 0.3 is 16.0 Å². The van der Waals surface area contributed by atoms with Crippen LogP contribution in [0.25, 0.3) is 23.3 Å². The number of benzene rings is 2. The van der Waals surface area contributed by atoms with E-state index >= 15 is 0 Å². The van der Waals surface area contributed by atoms with Gasteiger partial charge in [-0.25, -0.2) is 0 Å². The summed E-state index contributed by atoms with van der Waals surface area (Å²) in [7, 11) is -5.60. The Hall–Kier alpha value is -2.13. The number of hydrogen-bond acceptors (Lipinski definition) is 4. The van der Waals surface area contributed by atoms with E-state index in [-0.39, 0.29) is 0 Å². The summed E-state index contributed by atoms with van der Waals surface area (Å²) >= 11 is 6.06. The van der Waals surface area contributed by atoms with E-state index in [2.05, 4.69) is 50.5 Å². The van der Waals surface area contributed by atoms with Crippen LogP contribution in [-0.4, -0.2) is 33.3 Å². The lowest BCUT2D eigenvalue weighted by Gasteiger charge is -2.38. The molecule has 0 fully saturated rings. The summed E-state index contributed by atoms with van der Waals surface area (Å²) in [6.45, 7) is 12.5. The fourth-order valence-electron chi connectivity index (χ4n) is 3.59. The lowest BCUT2D eigenvalue weighted by atomic mass is 10.2. The van der Waals surface area contributed by atoms with Crippen molar-refractivity contribution >= 4 is 58.7 Å². The molecule has 0 radical (unpaired) electrons. The standard InChI is InChI=1S/C23H29ClN2O4SSi/c1-6-25(17(2)32(3,4)5)20-11-7-18(8-12-20)9-14-23-26(16-31(27,28)29)21-15-19(24)10-13-22(21)30-23/h7-15,17H,6,16H2,1-5H3/p+1. The maximum atomic E-state index is 11.5. The van der Waals surface area contributed by atoms with Gasteiger partial charge in [-0.05, 0) is 49.8 Å². The first-order valence-electron chi connectivity index (χ1n) is 10.5. The smallest absolute Gasteiger partial charge is 0.375 e. The minimum absolute atomic E-state index is 0.298. The summed E-state index contributed by atoms with van der Waals surface area (Å²) < 4.78 is 39.7. The van der Waals surface area contributed by atoms with Crippen LogP contribution in [0.15, 0.2) is 46.9 Å². The highest BCUT2D eigenvalue weighted by Crippen LogP contribution is 2.24.